The predicted molar refractivity (Wildman–Crippen MR) is 160 cm³/mol. The van der Waals surface area contributed by atoms with Crippen molar-refractivity contribution in [3.05, 3.63) is 109 Å². The number of pyridine rings is 2. The van der Waals surface area contributed by atoms with Crippen LogP contribution in [0.15, 0.2) is 118 Å². The standard InChI is InChI=1S/C34H18N2O2S/c1-3-13-29-19(7-1)25-17-35-27(15-31(25)37-29)23-11-5-9-21-22-10-6-12-24(34(22)39-33(21)23)28-16-32-26(18-36-28)20-8-2-4-14-30(20)38-32/h1-18H. The molecule has 0 saturated heterocycles. The van der Waals surface area contributed by atoms with Gasteiger partial charge in [0.2, 0.25) is 0 Å². The number of thiophene rings is 1. The van der Waals surface area contributed by atoms with Crippen LogP contribution < -0.4 is 0 Å². The normalized spacial score (nSPS) is 12.1. The molecule has 0 saturated carbocycles. The van der Waals surface area contributed by atoms with Gasteiger partial charge in [-0.05, 0) is 12.1 Å². The summed E-state index contributed by atoms with van der Waals surface area (Å²) in [6, 6.07) is 33.2. The van der Waals surface area contributed by atoms with Gasteiger partial charge in [-0.15, -0.1) is 11.3 Å². The van der Waals surface area contributed by atoms with Crippen LogP contribution >= 0.6 is 11.3 Å². The summed E-state index contributed by atoms with van der Waals surface area (Å²) in [5, 5.41) is 6.67. The fraction of sp³-hybridized carbons (Fsp3) is 0. The van der Waals surface area contributed by atoms with Gasteiger partial charge in [0.15, 0.2) is 0 Å². The topological polar surface area (TPSA) is 52.1 Å². The Kier molecular flexibility index (Phi) is 4.18. The number of benzene rings is 4. The van der Waals surface area contributed by atoms with E-state index in [0.717, 1.165) is 66.4 Å². The van der Waals surface area contributed by atoms with Crippen LogP contribution in [0.3, 0.4) is 0 Å². The van der Waals surface area contributed by atoms with E-state index in [4.69, 9.17) is 18.8 Å². The monoisotopic (exact) mass is 518 g/mol. The molecule has 9 rings (SSSR count). The van der Waals surface area contributed by atoms with Crippen molar-refractivity contribution in [2.45, 2.75) is 0 Å². The van der Waals surface area contributed by atoms with E-state index in [2.05, 4.69) is 60.7 Å². The molecule has 182 valence electrons. The Morgan fingerprint density at radius 3 is 1.41 bits per heavy atom. The predicted octanol–water partition coefficient (Wildman–Crippen LogP) is 9.98. The molecule has 0 amide bonds. The van der Waals surface area contributed by atoms with E-state index in [1.807, 2.05) is 48.8 Å². The van der Waals surface area contributed by atoms with Gasteiger partial charge < -0.3 is 8.83 Å². The van der Waals surface area contributed by atoms with Crippen LogP contribution in [0.25, 0.3) is 86.6 Å². The molecule has 0 spiro atoms. The van der Waals surface area contributed by atoms with Crippen LogP contribution in [0.2, 0.25) is 0 Å². The lowest BCUT2D eigenvalue weighted by atomic mass is 10.0. The maximum absolute atomic E-state index is 6.17. The number of furan rings is 2. The fourth-order valence-corrected chi connectivity index (χ4v) is 7.10. The average molecular weight is 519 g/mol. The molecule has 0 aliphatic heterocycles. The molecule has 5 aromatic heterocycles. The van der Waals surface area contributed by atoms with E-state index in [1.165, 1.54) is 20.2 Å². The van der Waals surface area contributed by atoms with Crippen molar-refractivity contribution in [2.75, 3.05) is 0 Å². The van der Waals surface area contributed by atoms with Gasteiger partial charge in [-0.25, -0.2) is 0 Å². The van der Waals surface area contributed by atoms with E-state index in [-0.39, 0.29) is 0 Å². The summed E-state index contributed by atoms with van der Waals surface area (Å²) in [4.78, 5) is 9.75. The minimum absolute atomic E-state index is 0.850. The Labute approximate surface area is 225 Å². The first-order chi connectivity index (χ1) is 19.3. The molecule has 39 heavy (non-hydrogen) atoms. The molecule has 0 atom stereocenters. The molecular weight excluding hydrogens is 500 g/mol. The third-order valence-electron chi connectivity index (χ3n) is 7.60. The van der Waals surface area contributed by atoms with Gasteiger partial charge in [-0.1, -0.05) is 72.8 Å². The summed E-state index contributed by atoms with van der Waals surface area (Å²) in [7, 11) is 0. The molecule has 4 nitrogen and oxygen atoms in total. The van der Waals surface area contributed by atoms with Crippen molar-refractivity contribution in [2.24, 2.45) is 0 Å². The van der Waals surface area contributed by atoms with E-state index in [9.17, 15) is 0 Å². The molecule has 4 aromatic carbocycles. The smallest absolute Gasteiger partial charge is 0.139 e. The van der Waals surface area contributed by atoms with E-state index >= 15 is 0 Å². The quantitative estimate of drug-likeness (QED) is 0.228. The zero-order chi connectivity index (χ0) is 25.5. The number of hydrogen-bond donors (Lipinski definition) is 0. The zero-order valence-corrected chi connectivity index (χ0v) is 21.3. The second kappa shape index (κ2) is 7.76. The lowest BCUT2D eigenvalue weighted by Gasteiger charge is -2.03. The van der Waals surface area contributed by atoms with Gasteiger partial charge >= 0.3 is 0 Å². The highest BCUT2D eigenvalue weighted by Gasteiger charge is 2.17. The number of para-hydroxylation sites is 2. The first-order valence-electron chi connectivity index (χ1n) is 12.8. The lowest BCUT2D eigenvalue weighted by Crippen LogP contribution is -1.83. The number of hydrogen-bond acceptors (Lipinski definition) is 5. The van der Waals surface area contributed by atoms with Crippen LogP contribution in [-0.2, 0) is 0 Å². The zero-order valence-electron chi connectivity index (χ0n) is 20.5. The van der Waals surface area contributed by atoms with Crippen LogP contribution in [0, 0.1) is 0 Å². The Morgan fingerprint density at radius 1 is 0.436 bits per heavy atom. The first-order valence-corrected chi connectivity index (χ1v) is 13.6. The van der Waals surface area contributed by atoms with Crippen molar-refractivity contribution in [3.8, 4) is 22.5 Å². The Hall–Kier alpha value is -5.00. The average Bonchev–Trinajstić information content (AvgIpc) is 3.67. The maximum atomic E-state index is 6.17. The number of rotatable bonds is 2. The van der Waals surface area contributed by atoms with Crippen LogP contribution in [-0.4, -0.2) is 9.97 Å². The van der Waals surface area contributed by atoms with Crippen molar-refractivity contribution >= 4 is 75.4 Å². The second-order valence-corrected chi connectivity index (χ2v) is 10.8. The van der Waals surface area contributed by atoms with Crippen molar-refractivity contribution in [1.29, 1.82) is 0 Å². The van der Waals surface area contributed by atoms with Gasteiger partial charge in [0.25, 0.3) is 0 Å². The number of fused-ring (bicyclic) bond motifs is 9. The molecule has 9 aromatic rings. The van der Waals surface area contributed by atoms with Crippen molar-refractivity contribution in [3.63, 3.8) is 0 Å². The van der Waals surface area contributed by atoms with Crippen molar-refractivity contribution < 1.29 is 8.83 Å². The van der Waals surface area contributed by atoms with Crippen LogP contribution in [0.5, 0.6) is 0 Å². The summed E-state index contributed by atoms with van der Waals surface area (Å²) in [5.74, 6) is 0. The fourth-order valence-electron chi connectivity index (χ4n) is 5.76. The molecule has 0 N–H and O–H groups in total. The Morgan fingerprint density at radius 2 is 0.897 bits per heavy atom. The molecule has 5 heteroatoms. The number of nitrogens with zero attached hydrogens (tertiary/aromatic N) is 2. The van der Waals surface area contributed by atoms with Crippen LogP contribution in [0.4, 0.5) is 0 Å². The second-order valence-electron chi connectivity index (χ2n) is 9.79. The molecule has 0 radical (unpaired) electrons. The molecule has 0 fully saturated rings. The van der Waals surface area contributed by atoms with Gasteiger partial charge in [-0.3, -0.25) is 9.97 Å². The molecule has 5 heterocycles. The third kappa shape index (κ3) is 2.99. The highest BCUT2D eigenvalue weighted by molar-refractivity contribution is 7.26. The molecule has 0 unspecified atom stereocenters. The third-order valence-corrected chi connectivity index (χ3v) is 8.89. The summed E-state index contributed by atoms with van der Waals surface area (Å²) < 4.78 is 14.7. The maximum Gasteiger partial charge on any atom is 0.139 e. The molecule has 0 aliphatic rings. The first kappa shape index (κ1) is 21.0. The molecule has 0 bridgehead atoms. The summed E-state index contributed by atoms with van der Waals surface area (Å²) in [5.41, 5.74) is 7.47. The summed E-state index contributed by atoms with van der Waals surface area (Å²) in [6.45, 7) is 0. The van der Waals surface area contributed by atoms with Gasteiger partial charge in [0.1, 0.15) is 22.3 Å². The SMILES string of the molecule is c1ccc2c(c1)oc1cc(-c3cccc4c3sc3c(-c5cc6oc7ccccc7c6cn5)cccc34)ncc12. The highest BCUT2D eigenvalue weighted by Crippen LogP contribution is 2.44. The summed E-state index contributed by atoms with van der Waals surface area (Å²) >= 11 is 1.78. The Balaban J connectivity index is 1.25. The van der Waals surface area contributed by atoms with Gasteiger partial charge in [0, 0.05) is 77.4 Å². The molecule has 0 aliphatic carbocycles. The lowest BCUT2D eigenvalue weighted by molar-refractivity contribution is 0.668. The van der Waals surface area contributed by atoms with Gasteiger partial charge in [-0.2, -0.15) is 0 Å². The van der Waals surface area contributed by atoms with Crippen molar-refractivity contribution in [1.82, 2.24) is 9.97 Å². The van der Waals surface area contributed by atoms with Gasteiger partial charge in [0.05, 0.1) is 11.4 Å². The molecular formula is C34H18N2O2S. The summed E-state index contributed by atoms with van der Waals surface area (Å²) in [6.07, 6.45) is 3.86. The minimum atomic E-state index is 0.850. The number of aromatic nitrogens is 2. The largest absolute Gasteiger partial charge is 0.456 e. The Bertz CT molecular complexity index is 2240. The van der Waals surface area contributed by atoms with E-state index in [1.54, 1.807) is 11.3 Å². The highest BCUT2D eigenvalue weighted by atomic mass is 32.1. The van der Waals surface area contributed by atoms with E-state index in [0.29, 0.717) is 0 Å². The van der Waals surface area contributed by atoms with Crippen LogP contribution in [0.1, 0.15) is 0 Å². The minimum Gasteiger partial charge on any atom is -0.456 e. The van der Waals surface area contributed by atoms with E-state index < -0.39 is 0 Å².